The first kappa shape index (κ1) is 15.3. The molecule has 1 aromatic carbocycles. The molecule has 0 aliphatic carbocycles. The smallest absolute Gasteiger partial charge is 0.342 e. The fourth-order valence-electron chi connectivity index (χ4n) is 2.81. The van der Waals surface area contributed by atoms with Gasteiger partial charge in [0.05, 0.1) is 11.8 Å². The van der Waals surface area contributed by atoms with Crippen LogP contribution in [0.3, 0.4) is 0 Å². The van der Waals surface area contributed by atoms with E-state index in [4.69, 9.17) is 5.11 Å². The van der Waals surface area contributed by atoms with Crippen molar-refractivity contribution in [2.24, 2.45) is 0 Å². The van der Waals surface area contributed by atoms with Gasteiger partial charge >= 0.3 is 5.97 Å². The quantitative estimate of drug-likeness (QED) is 0.585. The van der Waals surface area contributed by atoms with E-state index in [0.717, 1.165) is 37.8 Å². The van der Waals surface area contributed by atoms with E-state index in [1.165, 1.54) is 0 Å². The molecule has 3 heterocycles. The van der Waals surface area contributed by atoms with Gasteiger partial charge in [-0.1, -0.05) is 30.3 Å². The second-order valence-electron chi connectivity index (χ2n) is 5.56. The Morgan fingerprint density at radius 2 is 1.92 bits per heavy atom. The van der Waals surface area contributed by atoms with Crippen LogP contribution in [-0.4, -0.2) is 30.8 Å². The maximum Gasteiger partial charge on any atom is 0.342 e. The SMILES string of the molecule is Cc1c(-c2ccccc2)csc1-c1cnn2c(O)c(C(=O)O)cnc12. The minimum absolute atomic E-state index is 0.282. The van der Waals surface area contributed by atoms with Crippen LogP contribution < -0.4 is 0 Å². The number of nitrogens with zero attached hydrogens (tertiary/aromatic N) is 3. The van der Waals surface area contributed by atoms with Gasteiger partial charge < -0.3 is 10.2 Å². The summed E-state index contributed by atoms with van der Waals surface area (Å²) >= 11 is 1.57. The molecule has 3 aromatic heterocycles. The number of aromatic hydroxyl groups is 1. The van der Waals surface area contributed by atoms with E-state index < -0.39 is 11.8 Å². The van der Waals surface area contributed by atoms with Crippen LogP contribution in [0.4, 0.5) is 0 Å². The zero-order chi connectivity index (χ0) is 17.6. The molecular weight excluding hydrogens is 338 g/mol. The second-order valence-corrected chi connectivity index (χ2v) is 6.44. The third-order valence-electron chi connectivity index (χ3n) is 4.10. The minimum Gasteiger partial charge on any atom is -0.493 e. The summed E-state index contributed by atoms with van der Waals surface area (Å²) in [4.78, 5) is 16.3. The van der Waals surface area contributed by atoms with Crippen LogP contribution in [0.2, 0.25) is 0 Å². The Morgan fingerprint density at radius 3 is 2.64 bits per heavy atom. The van der Waals surface area contributed by atoms with Crippen molar-refractivity contribution in [3.63, 3.8) is 0 Å². The van der Waals surface area contributed by atoms with E-state index in [1.54, 1.807) is 17.5 Å². The van der Waals surface area contributed by atoms with Crippen molar-refractivity contribution in [3.05, 3.63) is 59.2 Å². The van der Waals surface area contributed by atoms with Crippen LogP contribution >= 0.6 is 11.3 Å². The topological polar surface area (TPSA) is 87.7 Å². The van der Waals surface area contributed by atoms with E-state index in [1.807, 2.05) is 25.1 Å². The van der Waals surface area contributed by atoms with Crippen molar-refractivity contribution in [1.82, 2.24) is 14.6 Å². The average Bonchev–Trinajstić information content (AvgIpc) is 3.19. The summed E-state index contributed by atoms with van der Waals surface area (Å²) in [6.45, 7) is 2.03. The number of benzene rings is 1. The molecule has 0 bridgehead atoms. The van der Waals surface area contributed by atoms with E-state index >= 15 is 0 Å². The maximum absolute atomic E-state index is 11.1. The Balaban J connectivity index is 1.88. The number of fused-ring (bicyclic) bond motifs is 1. The molecule has 0 amide bonds. The van der Waals surface area contributed by atoms with Gasteiger partial charge in [-0.3, -0.25) is 0 Å². The van der Waals surface area contributed by atoms with Crippen molar-refractivity contribution >= 4 is 23.0 Å². The molecule has 25 heavy (non-hydrogen) atoms. The molecule has 124 valence electrons. The van der Waals surface area contributed by atoms with Crippen molar-refractivity contribution in [2.45, 2.75) is 6.92 Å². The van der Waals surface area contributed by atoms with Gasteiger partial charge in [0.2, 0.25) is 5.88 Å². The van der Waals surface area contributed by atoms with Gasteiger partial charge in [-0.2, -0.15) is 9.61 Å². The summed E-state index contributed by atoms with van der Waals surface area (Å²) in [5.74, 6) is -1.68. The summed E-state index contributed by atoms with van der Waals surface area (Å²) in [5, 5.41) is 25.4. The molecule has 0 fully saturated rings. The highest BCUT2D eigenvalue weighted by Crippen LogP contribution is 2.39. The van der Waals surface area contributed by atoms with Gasteiger partial charge in [0.1, 0.15) is 5.56 Å². The summed E-state index contributed by atoms with van der Waals surface area (Å²) in [6.07, 6.45) is 2.75. The van der Waals surface area contributed by atoms with Gasteiger partial charge in [0, 0.05) is 11.1 Å². The highest BCUT2D eigenvalue weighted by molar-refractivity contribution is 7.14. The first-order chi connectivity index (χ1) is 12.1. The molecule has 0 saturated carbocycles. The summed E-state index contributed by atoms with van der Waals surface area (Å²) < 4.78 is 1.15. The van der Waals surface area contributed by atoms with Gasteiger partial charge in [-0.05, 0) is 29.0 Å². The van der Waals surface area contributed by atoms with Crippen LogP contribution in [0, 0.1) is 6.92 Å². The monoisotopic (exact) mass is 351 g/mol. The molecule has 0 spiro atoms. The third-order valence-corrected chi connectivity index (χ3v) is 5.22. The highest BCUT2D eigenvalue weighted by atomic mass is 32.1. The fourth-order valence-corrected chi connectivity index (χ4v) is 3.92. The van der Waals surface area contributed by atoms with Crippen molar-refractivity contribution < 1.29 is 15.0 Å². The molecule has 0 aliphatic heterocycles. The molecule has 0 radical (unpaired) electrons. The van der Waals surface area contributed by atoms with Gasteiger partial charge in [-0.15, -0.1) is 11.3 Å². The standard InChI is InChI=1S/C18H13N3O3S/c1-10-14(11-5-3-2-4-6-11)9-25-15(10)12-8-20-21-16(12)19-7-13(17(21)22)18(23)24/h2-9,22H,1H3,(H,23,24). The van der Waals surface area contributed by atoms with Crippen molar-refractivity contribution in [3.8, 4) is 27.4 Å². The van der Waals surface area contributed by atoms with Crippen molar-refractivity contribution in [2.75, 3.05) is 0 Å². The summed E-state index contributed by atoms with van der Waals surface area (Å²) in [5.41, 5.74) is 4.25. The Labute approximate surface area is 146 Å². The summed E-state index contributed by atoms with van der Waals surface area (Å²) in [6, 6.07) is 10.1. The zero-order valence-electron chi connectivity index (χ0n) is 13.2. The molecule has 4 aromatic rings. The molecule has 0 saturated heterocycles. The van der Waals surface area contributed by atoms with Gasteiger partial charge in [0.25, 0.3) is 0 Å². The number of thiophene rings is 1. The van der Waals surface area contributed by atoms with Gasteiger partial charge in [0.15, 0.2) is 5.65 Å². The predicted molar refractivity (Wildman–Crippen MR) is 95.1 cm³/mol. The lowest BCUT2D eigenvalue weighted by molar-refractivity contribution is 0.0692. The zero-order valence-corrected chi connectivity index (χ0v) is 14.0. The number of aromatic nitrogens is 3. The molecule has 0 atom stereocenters. The molecule has 0 unspecified atom stereocenters. The van der Waals surface area contributed by atoms with E-state index in [9.17, 15) is 9.90 Å². The number of carboxylic acid groups (broad SMARTS) is 1. The minimum atomic E-state index is -1.25. The molecule has 0 aliphatic rings. The highest BCUT2D eigenvalue weighted by Gasteiger charge is 2.20. The van der Waals surface area contributed by atoms with Crippen LogP contribution in [0.1, 0.15) is 15.9 Å². The summed E-state index contributed by atoms with van der Waals surface area (Å²) in [7, 11) is 0. The van der Waals surface area contributed by atoms with E-state index in [-0.39, 0.29) is 5.56 Å². The van der Waals surface area contributed by atoms with Crippen LogP contribution in [0.5, 0.6) is 5.88 Å². The van der Waals surface area contributed by atoms with Crippen LogP contribution in [0.25, 0.3) is 27.2 Å². The fraction of sp³-hybridized carbons (Fsp3) is 0.0556. The first-order valence-electron chi connectivity index (χ1n) is 7.51. The molecule has 4 rings (SSSR count). The van der Waals surface area contributed by atoms with Crippen LogP contribution in [0.15, 0.2) is 48.1 Å². The van der Waals surface area contributed by atoms with Crippen molar-refractivity contribution in [1.29, 1.82) is 0 Å². The lowest BCUT2D eigenvalue weighted by atomic mass is 10.0. The van der Waals surface area contributed by atoms with E-state index in [2.05, 4.69) is 27.6 Å². The Bertz CT molecular complexity index is 1100. The van der Waals surface area contributed by atoms with Crippen LogP contribution in [-0.2, 0) is 0 Å². The Hall–Kier alpha value is -3.19. The lowest BCUT2D eigenvalue weighted by Gasteiger charge is -2.03. The average molecular weight is 351 g/mol. The molecule has 2 N–H and O–H groups in total. The Morgan fingerprint density at radius 1 is 1.16 bits per heavy atom. The number of carbonyl (C=O) groups is 1. The molecule has 7 heteroatoms. The van der Waals surface area contributed by atoms with E-state index in [0.29, 0.717) is 5.65 Å². The maximum atomic E-state index is 11.1. The number of hydrogen-bond donors (Lipinski definition) is 2. The molecule has 6 nitrogen and oxygen atoms in total. The first-order valence-corrected chi connectivity index (χ1v) is 8.38. The number of hydrogen-bond acceptors (Lipinski definition) is 5. The largest absolute Gasteiger partial charge is 0.493 e. The Kier molecular flexibility index (Phi) is 3.51. The number of rotatable bonds is 3. The normalized spacial score (nSPS) is 11.1. The molecular formula is C18H13N3O3S. The second kappa shape index (κ2) is 5.71. The number of carboxylic acids is 1. The number of aromatic carboxylic acids is 1. The third kappa shape index (κ3) is 2.36. The predicted octanol–water partition coefficient (Wildman–Crippen LogP) is 3.84. The van der Waals surface area contributed by atoms with Gasteiger partial charge in [-0.25, -0.2) is 9.78 Å². The lowest BCUT2D eigenvalue weighted by Crippen LogP contribution is -2.03.